The van der Waals surface area contributed by atoms with Crippen molar-refractivity contribution in [2.45, 2.75) is 57.0 Å². The van der Waals surface area contributed by atoms with E-state index in [-0.39, 0.29) is 34.6 Å². The van der Waals surface area contributed by atoms with Gasteiger partial charge in [0.2, 0.25) is 5.76 Å². The average Bonchev–Trinajstić information content (AvgIpc) is 3.25. The summed E-state index contributed by atoms with van der Waals surface area (Å²) >= 11 is 0. The van der Waals surface area contributed by atoms with Crippen LogP contribution in [0.1, 0.15) is 67.1 Å². The minimum absolute atomic E-state index is 0.0192. The normalized spacial score (nSPS) is 22.5. The molecule has 2 amide bonds. The van der Waals surface area contributed by atoms with Gasteiger partial charge in [-0.05, 0) is 37.5 Å². The predicted molar refractivity (Wildman–Crippen MR) is 125 cm³/mol. The van der Waals surface area contributed by atoms with E-state index in [4.69, 9.17) is 4.42 Å². The van der Waals surface area contributed by atoms with Crippen molar-refractivity contribution >= 4 is 28.5 Å². The maximum Gasteiger partial charge on any atom is 0.291 e. The first-order chi connectivity index (χ1) is 16.1. The van der Waals surface area contributed by atoms with Crippen LogP contribution in [0.15, 0.2) is 57.7 Å². The van der Waals surface area contributed by atoms with Crippen LogP contribution in [-0.2, 0) is 10.3 Å². The number of para-hydroxylation sites is 2. The molecule has 3 heterocycles. The average molecular weight is 443 g/mol. The fourth-order valence-electron chi connectivity index (χ4n) is 6.14. The third-order valence-corrected chi connectivity index (χ3v) is 7.46. The van der Waals surface area contributed by atoms with Crippen LogP contribution >= 0.6 is 0 Å². The van der Waals surface area contributed by atoms with Crippen molar-refractivity contribution in [2.24, 2.45) is 0 Å². The molecule has 1 unspecified atom stereocenters. The molecule has 0 bridgehead atoms. The van der Waals surface area contributed by atoms with Crippen molar-refractivity contribution in [2.75, 3.05) is 11.4 Å². The Morgan fingerprint density at radius 1 is 0.970 bits per heavy atom. The number of nitrogens with zero attached hydrogens (tertiary/aromatic N) is 2. The number of carbonyl (C=O) groups is 2. The zero-order valence-corrected chi connectivity index (χ0v) is 18.7. The number of hydrogen-bond acceptors (Lipinski definition) is 4. The van der Waals surface area contributed by atoms with Crippen molar-refractivity contribution in [3.8, 4) is 0 Å². The summed E-state index contributed by atoms with van der Waals surface area (Å²) in [7, 11) is 0. The number of amides is 2. The van der Waals surface area contributed by atoms with Crippen molar-refractivity contribution < 1.29 is 14.0 Å². The maximum atomic E-state index is 14.4. The van der Waals surface area contributed by atoms with E-state index >= 15 is 0 Å². The molecule has 1 spiro atoms. The highest BCUT2D eigenvalue weighted by atomic mass is 16.3. The van der Waals surface area contributed by atoms with Crippen molar-refractivity contribution in [3.63, 3.8) is 0 Å². The summed E-state index contributed by atoms with van der Waals surface area (Å²) < 4.78 is 6.10. The number of rotatable bonds is 3. The van der Waals surface area contributed by atoms with E-state index in [1.165, 1.54) is 0 Å². The van der Waals surface area contributed by atoms with Gasteiger partial charge in [-0.3, -0.25) is 14.4 Å². The van der Waals surface area contributed by atoms with Gasteiger partial charge in [0, 0.05) is 18.2 Å². The van der Waals surface area contributed by atoms with Gasteiger partial charge in [-0.2, -0.15) is 0 Å². The van der Waals surface area contributed by atoms with E-state index < -0.39 is 5.54 Å². The second kappa shape index (κ2) is 7.30. The summed E-state index contributed by atoms with van der Waals surface area (Å²) in [6, 6.07) is 14.5. The first-order valence-electron chi connectivity index (χ1n) is 11.9. The van der Waals surface area contributed by atoms with E-state index in [1.807, 2.05) is 31.2 Å². The second-order valence-electron chi connectivity index (χ2n) is 9.28. The monoisotopic (exact) mass is 442 g/mol. The van der Waals surface area contributed by atoms with Gasteiger partial charge >= 0.3 is 0 Å². The molecule has 2 aliphatic heterocycles. The Morgan fingerprint density at radius 3 is 2.48 bits per heavy atom. The molecule has 6 heteroatoms. The van der Waals surface area contributed by atoms with Crippen LogP contribution in [0.3, 0.4) is 0 Å². The molecule has 1 aromatic heterocycles. The lowest BCUT2D eigenvalue weighted by Gasteiger charge is -2.41. The van der Waals surface area contributed by atoms with Crippen molar-refractivity contribution in [1.29, 1.82) is 0 Å². The Hall–Kier alpha value is -3.41. The molecule has 6 nitrogen and oxygen atoms in total. The van der Waals surface area contributed by atoms with E-state index in [1.54, 1.807) is 34.1 Å². The summed E-state index contributed by atoms with van der Waals surface area (Å²) in [6.07, 6.45) is 5.52. The van der Waals surface area contributed by atoms with Gasteiger partial charge in [-0.1, -0.05) is 56.5 Å². The lowest BCUT2D eigenvalue weighted by atomic mass is 9.81. The van der Waals surface area contributed by atoms with Crippen LogP contribution in [0.25, 0.3) is 11.0 Å². The molecule has 33 heavy (non-hydrogen) atoms. The summed E-state index contributed by atoms with van der Waals surface area (Å²) in [5.41, 5.74) is 0.291. The molecule has 1 saturated carbocycles. The predicted octanol–water partition coefficient (Wildman–Crippen LogP) is 4.58. The minimum atomic E-state index is -1.47. The molecule has 3 aromatic rings. The zero-order valence-electron chi connectivity index (χ0n) is 18.7. The van der Waals surface area contributed by atoms with E-state index in [9.17, 15) is 14.4 Å². The molecule has 168 valence electrons. The molecule has 1 aliphatic carbocycles. The molecule has 2 aromatic carbocycles. The number of anilines is 1. The maximum absolute atomic E-state index is 14.4. The summed E-state index contributed by atoms with van der Waals surface area (Å²) in [6.45, 7) is 2.55. The zero-order chi connectivity index (χ0) is 22.7. The lowest BCUT2D eigenvalue weighted by molar-refractivity contribution is -0.127. The van der Waals surface area contributed by atoms with E-state index in [0.717, 1.165) is 44.2 Å². The van der Waals surface area contributed by atoms with Gasteiger partial charge in [0.25, 0.3) is 11.8 Å². The smallest absolute Gasteiger partial charge is 0.291 e. The number of benzene rings is 2. The van der Waals surface area contributed by atoms with Crippen LogP contribution in [-0.4, -0.2) is 29.3 Å². The van der Waals surface area contributed by atoms with Crippen molar-refractivity contribution in [1.82, 2.24) is 4.90 Å². The Morgan fingerprint density at radius 2 is 1.70 bits per heavy atom. The van der Waals surface area contributed by atoms with Crippen LogP contribution < -0.4 is 10.3 Å². The van der Waals surface area contributed by atoms with Crippen LogP contribution in [0, 0.1) is 0 Å². The fraction of sp³-hybridized carbons (Fsp3) is 0.370. The van der Waals surface area contributed by atoms with Gasteiger partial charge in [0.1, 0.15) is 5.58 Å². The Labute approximate surface area is 191 Å². The molecule has 0 N–H and O–H groups in total. The molecular weight excluding hydrogens is 416 g/mol. The fourth-order valence-corrected chi connectivity index (χ4v) is 6.14. The van der Waals surface area contributed by atoms with E-state index in [2.05, 4.69) is 0 Å². The third kappa shape index (κ3) is 2.52. The molecular formula is C27H26N2O4. The quantitative estimate of drug-likeness (QED) is 0.595. The Bertz CT molecular complexity index is 1350. The minimum Gasteiger partial charge on any atom is -0.450 e. The highest BCUT2D eigenvalue weighted by Gasteiger charge is 2.66. The third-order valence-electron chi connectivity index (χ3n) is 7.46. The molecule has 1 fully saturated rings. The van der Waals surface area contributed by atoms with Gasteiger partial charge in [-0.15, -0.1) is 0 Å². The van der Waals surface area contributed by atoms with E-state index in [0.29, 0.717) is 23.1 Å². The first kappa shape index (κ1) is 20.2. The SMILES string of the molecule is CCCN1C(=O)C2(c3ccccc31)c1c(oc3ccccc3c1=O)C(=O)N2C1CCCCC1. The van der Waals surface area contributed by atoms with Gasteiger partial charge in [0.15, 0.2) is 11.0 Å². The Balaban J connectivity index is 1.72. The Kier molecular flexibility index (Phi) is 4.47. The molecule has 6 rings (SSSR count). The van der Waals surface area contributed by atoms with Gasteiger partial charge in [0.05, 0.1) is 16.6 Å². The molecule has 0 radical (unpaired) electrons. The lowest BCUT2D eigenvalue weighted by Crippen LogP contribution is -2.57. The van der Waals surface area contributed by atoms with Gasteiger partial charge < -0.3 is 14.2 Å². The molecule has 1 atom stereocenters. The number of hydrogen-bond donors (Lipinski definition) is 0. The van der Waals surface area contributed by atoms with Crippen molar-refractivity contribution in [3.05, 3.63) is 75.6 Å². The highest BCUT2D eigenvalue weighted by molar-refractivity contribution is 6.17. The first-order valence-corrected chi connectivity index (χ1v) is 11.9. The summed E-state index contributed by atoms with van der Waals surface area (Å²) in [5, 5.41) is 0.396. The largest absolute Gasteiger partial charge is 0.450 e. The standard InChI is InChI=1S/C27H26N2O4/c1-2-16-28-20-14-8-7-13-19(20)27(26(28)32)22-23(30)18-12-6-9-15-21(18)33-24(22)25(31)29(27)17-10-4-3-5-11-17/h6-9,12-15,17H,2-5,10-11,16H2,1H3. The topological polar surface area (TPSA) is 70.8 Å². The van der Waals surface area contributed by atoms with Crippen LogP contribution in [0.2, 0.25) is 0 Å². The number of carbonyl (C=O) groups excluding carboxylic acids is 2. The van der Waals surface area contributed by atoms with Crippen LogP contribution in [0.5, 0.6) is 0 Å². The number of fused-ring (bicyclic) bond motifs is 5. The molecule has 3 aliphatic rings. The van der Waals surface area contributed by atoms with Gasteiger partial charge in [-0.25, -0.2) is 0 Å². The highest BCUT2D eigenvalue weighted by Crippen LogP contribution is 2.54. The summed E-state index contributed by atoms with van der Waals surface area (Å²) in [5.74, 6) is -0.544. The van der Waals surface area contributed by atoms with Crippen LogP contribution in [0.4, 0.5) is 5.69 Å². The summed E-state index contributed by atoms with van der Waals surface area (Å²) in [4.78, 5) is 45.8. The molecule has 0 saturated heterocycles. The second-order valence-corrected chi connectivity index (χ2v) is 9.28.